The van der Waals surface area contributed by atoms with Crippen LogP contribution in [0.4, 0.5) is 0 Å². The number of rotatable bonds is 3. The number of hydrogen-bond donors (Lipinski definition) is 0. The van der Waals surface area contributed by atoms with Crippen molar-refractivity contribution in [3.8, 4) is 0 Å². The zero-order valence-corrected chi connectivity index (χ0v) is 7.51. The van der Waals surface area contributed by atoms with Gasteiger partial charge in [-0.25, -0.2) is 0 Å². The van der Waals surface area contributed by atoms with Gasteiger partial charge in [-0.1, -0.05) is 19.9 Å². The zero-order valence-electron chi connectivity index (χ0n) is 7.51. The molecule has 0 saturated heterocycles. The Balaban J connectivity index is 2.45. The summed E-state index contributed by atoms with van der Waals surface area (Å²) < 4.78 is 0. The van der Waals surface area contributed by atoms with E-state index in [9.17, 15) is 0 Å². The van der Waals surface area contributed by atoms with Gasteiger partial charge in [-0.05, 0) is 18.8 Å². The van der Waals surface area contributed by atoms with Crippen LogP contribution in [-0.4, -0.2) is 12.3 Å². The summed E-state index contributed by atoms with van der Waals surface area (Å²) in [6.07, 6.45) is 4.39. The normalized spacial score (nSPS) is 26.4. The minimum Gasteiger partial charge on any atom is -0.293 e. The maximum Gasteiger partial charge on any atom is 0.0455 e. The molecule has 0 N–H and O–H groups in total. The van der Waals surface area contributed by atoms with Crippen molar-refractivity contribution in [1.29, 1.82) is 0 Å². The van der Waals surface area contributed by atoms with Crippen LogP contribution in [0, 0.1) is 11.8 Å². The van der Waals surface area contributed by atoms with Crippen LogP contribution in [0.2, 0.25) is 0 Å². The van der Waals surface area contributed by atoms with Crippen molar-refractivity contribution in [2.75, 3.05) is 6.54 Å². The molecule has 0 bridgehead atoms. The molecule has 11 heavy (non-hydrogen) atoms. The van der Waals surface area contributed by atoms with Gasteiger partial charge in [0.2, 0.25) is 0 Å². The first-order valence-electron chi connectivity index (χ1n) is 4.43. The molecule has 1 nitrogen and oxygen atoms in total. The lowest BCUT2D eigenvalue weighted by Crippen LogP contribution is -2.08. The van der Waals surface area contributed by atoms with Gasteiger partial charge in [0.1, 0.15) is 0 Å². The predicted octanol–water partition coefficient (Wildman–Crippen LogP) is 2.68. The molecule has 1 aliphatic rings. The average Bonchev–Trinajstić information content (AvgIpc) is 2.50. The highest BCUT2D eigenvalue weighted by atomic mass is 14.8. The van der Waals surface area contributed by atoms with E-state index in [4.69, 9.17) is 0 Å². The smallest absolute Gasteiger partial charge is 0.0455 e. The summed E-state index contributed by atoms with van der Waals surface area (Å²) in [6.45, 7) is 9.24. The Morgan fingerprint density at radius 3 is 3.00 bits per heavy atom. The molecule has 62 valence electrons. The molecular formula is C10H17N. The fraction of sp³-hybridized carbons (Fsp3) is 0.700. The Labute approximate surface area is 69.2 Å². The summed E-state index contributed by atoms with van der Waals surface area (Å²) in [5, 5.41) is 0. The second kappa shape index (κ2) is 3.70. The Morgan fingerprint density at radius 2 is 2.55 bits per heavy atom. The quantitative estimate of drug-likeness (QED) is 0.550. The third kappa shape index (κ3) is 1.92. The summed E-state index contributed by atoms with van der Waals surface area (Å²) in [6, 6.07) is 0. The van der Waals surface area contributed by atoms with Gasteiger partial charge in [0.05, 0.1) is 0 Å². The molecule has 0 aromatic carbocycles. The maximum absolute atomic E-state index is 4.50. The molecule has 1 heteroatoms. The minimum absolute atomic E-state index is 0.624. The number of hydrogen-bond acceptors (Lipinski definition) is 1. The van der Waals surface area contributed by atoms with Crippen LogP contribution < -0.4 is 0 Å². The van der Waals surface area contributed by atoms with Crippen LogP contribution in [0.5, 0.6) is 0 Å². The summed E-state index contributed by atoms with van der Waals surface area (Å²) in [7, 11) is 0. The highest BCUT2D eigenvalue weighted by Crippen LogP contribution is 2.20. The average molecular weight is 151 g/mol. The van der Waals surface area contributed by atoms with Crippen LogP contribution >= 0.6 is 0 Å². The fourth-order valence-electron chi connectivity index (χ4n) is 1.38. The van der Waals surface area contributed by atoms with Gasteiger partial charge in [0.15, 0.2) is 0 Å². The molecule has 1 aliphatic heterocycles. The van der Waals surface area contributed by atoms with E-state index >= 15 is 0 Å². The highest BCUT2D eigenvalue weighted by Gasteiger charge is 2.18. The Kier molecular flexibility index (Phi) is 2.86. The first kappa shape index (κ1) is 8.51. The highest BCUT2D eigenvalue weighted by molar-refractivity contribution is 5.88. The minimum atomic E-state index is 0.624. The van der Waals surface area contributed by atoms with Crippen molar-refractivity contribution in [3.63, 3.8) is 0 Å². The second-order valence-corrected chi connectivity index (χ2v) is 3.34. The van der Waals surface area contributed by atoms with Crippen LogP contribution in [0.3, 0.4) is 0 Å². The van der Waals surface area contributed by atoms with E-state index in [1.165, 1.54) is 12.1 Å². The molecule has 2 atom stereocenters. The third-order valence-corrected chi connectivity index (χ3v) is 2.51. The van der Waals surface area contributed by atoms with E-state index < -0.39 is 0 Å². The van der Waals surface area contributed by atoms with Gasteiger partial charge >= 0.3 is 0 Å². The summed E-state index contributed by atoms with van der Waals surface area (Å²) in [5.74, 6) is 1.30. The van der Waals surface area contributed by atoms with Crippen molar-refractivity contribution in [2.24, 2.45) is 16.8 Å². The topological polar surface area (TPSA) is 12.4 Å². The molecular weight excluding hydrogens is 134 g/mol. The summed E-state index contributed by atoms with van der Waals surface area (Å²) in [5.41, 5.74) is 1.40. The Hall–Kier alpha value is -0.590. The molecule has 0 spiro atoms. The van der Waals surface area contributed by atoms with Crippen molar-refractivity contribution in [2.45, 2.75) is 26.7 Å². The van der Waals surface area contributed by atoms with Crippen molar-refractivity contribution >= 4 is 5.71 Å². The molecule has 0 amide bonds. The van der Waals surface area contributed by atoms with Gasteiger partial charge in [-0.2, -0.15) is 0 Å². The van der Waals surface area contributed by atoms with Crippen molar-refractivity contribution in [1.82, 2.24) is 0 Å². The molecule has 0 fully saturated rings. The fourth-order valence-corrected chi connectivity index (χ4v) is 1.38. The first-order chi connectivity index (χ1) is 5.27. The molecule has 0 aromatic rings. The Bertz CT molecular complexity index is 170. The third-order valence-electron chi connectivity index (χ3n) is 2.51. The van der Waals surface area contributed by atoms with Gasteiger partial charge in [0, 0.05) is 18.2 Å². The molecule has 0 saturated carbocycles. The standard InChI is InChI=1S/C10H17N/c1-4-8(3)10-6-9(5-2)7-11-10/h5,8-9H,2,4,6-7H2,1,3H3. The predicted molar refractivity (Wildman–Crippen MR) is 50.1 cm³/mol. The van der Waals surface area contributed by atoms with Gasteiger partial charge in [-0.15, -0.1) is 6.58 Å². The molecule has 1 heterocycles. The summed E-state index contributed by atoms with van der Waals surface area (Å²) in [4.78, 5) is 4.50. The van der Waals surface area contributed by atoms with Gasteiger partial charge in [0.25, 0.3) is 0 Å². The zero-order chi connectivity index (χ0) is 8.27. The lowest BCUT2D eigenvalue weighted by atomic mass is 9.96. The number of nitrogens with zero attached hydrogens (tertiary/aromatic N) is 1. The Morgan fingerprint density at radius 1 is 1.82 bits per heavy atom. The molecule has 1 rings (SSSR count). The molecule has 0 aliphatic carbocycles. The largest absolute Gasteiger partial charge is 0.293 e. The van der Waals surface area contributed by atoms with E-state index in [0.717, 1.165) is 13.0 Å². The lowest BCUT2D eigenvalue weighted by Gasteiger charge is -2.07. The van der Waals surface area contributed by atoms with E-state index in [2.05, 4.69) is 25.4 Å². The van der Waals surface area contributed by atoms with Crippen LogP contribution in [-0.2, 0) is 0 Å². The van der Waals surface area contributed by atoms with Gasteiger partial charge < -0.3 is 0 Å². The second-order valence-electron chi connectivity index (χ2n) is 3.34. The lowest BCUT2D eigenvalue weighted by molar-refractivity contribution is 0.703. The molecule has 2 unspecified atom stereocenters. The summed E-state index contributed by atoms with van der Waals surface area (Å²) >= 11 is 0. The van der Waals surface area contributed by atoms with E-state index in [1.807, 2.05) is 6.08 Å². The van der Waals surface area contributed by atoms with Crippen LogP contribution in [0.25, 0.3) is 0 Å². The maximum atomic E-state index is 4.50. The van der Waals surface area contributed by atoms with E-state index in [-0.39, 0.29) is 0 Å². The monoisotopic (exact) mass is 151 g/mol. The molecule has 0 radical (unpaired) electrons. The number of aliphatic imine (C=N–C) groups is 1. The van der Waals surface area contributed by atoms with Crippen molar-refractivity contribution < 1.29 is 0 Å². The SMILES string of the molecule is C=CC1CN=C(C(C)CC)C1. The molecule has 0 aromatic heterocycles. The van der Waals surface area contributed by atoms with Crippen molar-refractivity contribution in [3.05, 3.63) is 12.7 Å². The first-order valence-corrected chi connectivity index (χ1v) is 4.43. The van der Waals surface area contributed by atoms with E-state index in [1.54, 1.807) is 0 Å². The van der Waals surface area contributed by atoms with Gasteiger partial charge in [-0.3, -0.25) is 4.99 Å². The van der Waals surface area contributed by atoms with Crippen LogP contribution in [0.15, 0.2) is 17.6 Å². The van der Waals surface area contributed by atoms with Crippen LogP contribution in [0.1, 0.15) is 26.7 Å². The van der Waals surface area contributed by atoms with E-state index in [0.29, 0.717) is 11.8 Å².